The van der Waals surface area contributed by atoms with Crippen LogP contribution in [0.2, 0.25) is 0 Å². The van der Waals surface area contributed by atoms with Crippen molar-refractivity contribution in [2.45, 2.75) is 25.4 Å². The summed E-state index contributed by atoms with van der Waals surface area (Å²) >= 11 is 0. The molecule has 0 saturated carbocycles. The van der Waals surface area contributed by atoms with Crippen LogP contribution in [0, 0.1) is 0 Å². The summed E-state index contributed by atoms with van der Waals surface area (Å²) in [6, 6.07) is 7.76. The van der Waals surface area contributed by atoms with E-state index in [1.54, 1.807) is 12.1 Å². The predicted molar refractivity (Wildman–Crippen MR) is 65.8 cm³/mol. The summed E-state index contributed by atoms with van der Waals surface area (Å²) in [7, 11) is -0.593. The van der Waals surface area contributed by atoms with Gasteiger partial charge in [0, 0.05) is 34.9 Å². The van der Waals surface area contributed by atoms with E-state index in [0.29, 0.717) is 11.8 Å². The van der Waals surface area contributed by atoms with Gasteiger partial charge >= 0.3 is 0 Å². The maximum Gasteiger partial charge on any atom is 0.115 e. The van der Waals surface area contributed by atoms with Crippen LogP contribution in [0.4, 0.5) is 0 Å². The quantitative estimate of drug-likeness (QED) is 0.838. The van der Waals surface area contributed by atoms with Crippen LogP contribution < -0.4 is 5.32 Å². The maximum absolute atomic E-state index is 11.2. The molecular weight excluding hydrogens is 222 g/mol. The van der Waals surface area contributed by atoms with Crippen molar-refractivity contribution in [1.82, 2.24) is 5.32 Å². The molecule has 2 rings (SSSR count). The van der Waals surface area contributed by atoms with Crippen molar-refractivity contribution in [2.75, 3.05) is 11.5 Å². The van der Waals surface area contributed by atoms with Crippen LogP contribution >= 0.6 is 0 Å². The van der Waals surface area contributed by atoms with Crippen molar-refractivity contribution in [1.29, 1.82) is 0 Å². The Balaban J connectivity index is 1.81. The molecule has 1 aromatic rings. The molecule has 0 spiro atoms. The first-order valence-electron chi connectivity index (χ1n) is 5.60. The van der Waals surface area contributed by atoms with E-state index in [0.717, 1.165) is 36.5 Å². The van der Waals surface area contributed by atoms with Crippen LogP contribution in [0.5, 0.6) is 5.75 Å². The number of nitrogens with one attached hydrogen (secondary N) is 1. The lowest BCUT2D eigenvalue weighted by Gasteiger charge is -2.22. The minimum atomic E-state index is -0.593. The summed E-state index contributed by atoms with van der Waals surface area (Å²) in [5.74, 6) is 1.94. The minimum Gasteiger partial charge on any atom is -0.508 e. The third kappa shape index (κ3) is 3.32. The molecule has 88 valence electrons. The molecule has 0 bridgehead atoms. The summed E-state index contributed by atoms with van der Waals surface area (Å²) in [6.07, 6.45) is 1.98. The summed E-state index contributed by atoms with van der Waals surface area (Å²) in [5.41, 5.74) is 1.09. The van der Waals surface area contributed by atoms with Crippen molar-refractivity contribution < 1.29 is 9.32 Å². The van der Waals surface area contributed by atoms with E-state index in [4.69, 9.17) is 0 Å². The van der Waals surface area contributed by atoms with Gasteiger partial charge in [-0.15, -0.1) is 0 Å². The average molecular weight is 239 g/mol. The average Bonchev–Trinajstić information content (AvgIpc) is 2.28. The third-order valence-electron chi connectivity index (χ3n) is 2.89. The molecule has 0 radical (unpaired) electrons. The van der Waals surface area contributed by atoms with Gasteiger partial charge in [-0.25, -0.2) is 0 Å². The Bertz CT molecular complexity index is 371. The van der Waals surface area contributed by atoms with Gasteiger partial charge < -0.3 is 10.4 Å². The fourth-order valence-electron chi connectivity index (χ4n) is 1.93. The standard InChI is InChI=1S/C12H17NO2S/c14-12-3-1-2-10(8-12)9-13-11-4-6-16(15)7-5-11/h1-3,8,11,13-14H,4-7,9H2. The molecular formula is C12H17NO2S. The molecule has 1 aliphatic rings. The van der Waals surface area contributed by atoms with Crippen molar-refractivity contribution in [3.8, 4) is 5.75 Å². The lowest BCUT2D eigenvalue weighted by Crippen LogP contribution is -2.35. The zero-order valence-corrected chi connectivity index (χ0v) is 10.0. The van der Waals surface area contributed by atoms with Crippen molar-refractivity contribution >= 4 is 10.8 Å². The highest BCUT2D eigenvalue weighted by atomic mass is 32.2. The highest BCUT2D eigenvalue weighted by Crippen LogP contribution is 2.13. The Morgan fingerprint density at radius 2 is 2.12 bits per heavy atom. The van der Waals surface area contributed by atoms with Crippen LogP contribution in [-0.2, 0) is 17.3 Å². The van der Waals surface area contributed by atoms with Crippen LogP contribution in [0.15, 0.2) is 24.3 Å². The molecule has 1 heterocycles. The van der Waals surface area contributed by atoms with Gasteiger partial charge in [-0.05, 0) is 30.5 Å². The number of benzene rings is 1. The van der Waals surface area contributed by atoms with E-state index in [1.807, 2.05) is 12.1 Å². The second-order valence-corrected chi connectivity index (χ2v) is 5.87. The molecule has 4 heteroatoms. The lowest BCUT2D eigenvalue weighted by atomic mass is 10.1. The van der Waals surface area contributed by atoms with Gasteiger partial charge in [-0.1, -0.05) is 12.1 Å². The number of aromatic hydroxyl groups is 1. The van der Waals surface area contributed by atoms with Crippen molar-refractivity contribution in [3.63, 3.8) is 0 Å². The summed E-state index contributed by atoms with van der Waals surface area (Å²) < 4.78 is 11.2. The van der Waals surface area contributed by atoms with Crippen LogP contribution in [0.1, 0.15) is 18.4 Å². The first-order valence-corrected chi connectivity index (χ1v) is 7.09. The molecule has 0 unspecified atom stereocenters. The lowest BCUT2D eigenvalue weighted by molar-refractivity contribution is 0.465. The van der Waals surface area contributed by atoms with Crippen molar-refractivity contribution in [2.24, 2.45) is 0 Å². The molecule has 0 atom stereocenters. The van der Waals surface area contributed by atoms with E-state index in [9.17, 15) is 9.32 Å². The van der Waals surface area contributed by atoms with Gasteiger partial charge in [0.05, 0.1) is 0 Å². The Morgan fingerprint density at radius 3 is 2.81 bits per heavy atom. The summed E-state index contributed by atoms with van der Waals surface area (Å²) in [4.78, 5) is 0. The highest BCUT2D eigenvalue weighted by molar-refractivity contribution is 7.85. The largest absolute Gasteiger partial charge is 0.508 e. The minimum absolute atomic E-state index is 0.309. The maximum atomic E-state index is 11.2. The summed E-state index contributed by atoms with van der Waals surface area (Å²) in [5, 5.41) is 12.8. The molecule has 2 N–H and O–H groups in total. The predicted octanol–water partition coefficient (Wildman–Crippen LogP) is 1.39. The molecule has 3 nitrogen and oxygen atoms in total. The number of hydrogen-bond acceptors (Lipinski definition) is 3. The monoisotopic (exact) mass is 239 g/mol. The van der Waals surface area contributed by atoms with E-state index in [-0.39, 0.29) is 0 Å². The van der Waals surface area contributed by atoms with E-state index in [2.05, 4.69) is 5.32 Å². The zero-order chi connectivity index (χ0) is 11.4. The Labute approximate surface area is 98.3 Å². The topological polar surface area (TPSA) is 49.3 Å². The molecule has 16 heavy (non-hydrogen) atoms. The molecule has 1 saturated heterocycles. The zero-order valence-electron chi connectivity index (χ0n) is 9.19. The van der Waals surface area contributed by atoms with E-state index < -0.39 is 10.8 Å². The third-order valence-corrected chi connectivity index (χ3v) is 4.28. The van der Waals surface area contributed by atoms with Gasteiger partial charge in [0.1, 0.15) is 5.75 Å². The molecule has 0 amide bonds. The molecule has 1 aromatic carbocycles. The van der Waals surface area contributed by atoms with E-state index in [1.165, 1.54) is 0 Å². The van der Waals surface area contributed by atoms with Crippen LogP contribution in [0.25, 0.3) is 0 Å². The second-order valence-electron chi connectivity index (χ2n) is 4.17. The van der Waals surface area contributed by atoms with Crippen LogP contribution in [-0.4, -0.2) is 26.9 Å². The van der Waals surface area contributed by atoms with Crippen LogP contribution in [0.3, 0.4) is 0 Å². The normalized spacial score (nSPS) is 25.5. The SMILES string of the molecule is O=S1CCC(NCc2cccc(O)c2)CC1. The van der Waals surface area contributed by atoms with Gasteiger partial charge in [0.15, 0.2) is 0 Å². The summed E-state index contributed by atoms with van der Waals surface area (Å²) in [6.45, 7) is 0.770. The number of hydrogen-bond donors (Lipinski definition) is 2. The Morgan fingerprint density at radius 1 is 1.38 bits per heavy atom. The van der Waals surface area contributed by atoms with E-state index >= 15 is 0 Å². The van der Waals surface area contributed by atoms with Gasteiger partial charge in [0.25, 0.3) is 0 Å². The Hall–Kier alpha value is -0.870. The number of rotatable bonds is 3. The van der Waals surface area contributed by atoms with Gasteiger partial charge in [-0.3, -0.25) is 4.21 Å². The fourth-order valence-corrected chi connectivity index (χ4v) is 3.23. The fraction of sp³-hybridized carbons (Fsp3) is 0.500. The number of phenolic OH excluding ortho intramolecular Hbond substituents is 1. The smallest absolute Gasteiger partial charge is 0.115 e. The molecule has 0 aromatic heterocycles. The van der Waals surface area contributed by atoms with Gasteiger partial charge in [-0.2, -0.15) is 0 Å². The number of phenols is 1. The molecule has 0 aliphatic carbocycles. The molecule has 1 fully saturated rings. The van der Waals surface area contributed by atoms with Gasteiger partial charge in [0.2, 0.25) is 0 Å². The molecule has 1 aliphatic heterocycles. The second kappa shape index (κ2) is 5.46. The first kappa shape index (κ1) is 11.6. The highest BCUT2D eigenvalue weighted by Gasteiger charge is 2.16. The van der Waals surface area contributed by atoms with Crippen molar-refractivity contribution in [3.05, 3.63) is 29.8 Å². The first-order chi connectivity index (χ1) is 7.74. The Kier molecular flexibility index (Phi) is 3.96.